The Kier molecular flexibility index (Phi) is 5.86. The van der Waals surface area contributed by atoms with Crippen molar-refractivity contribution in [3.8, 4) is 0 Å². The molecule has 0 aromatic carbocycles. The van der Waals surface area contributed by atoms with Crippen molar-refractivity contribution in [1.29, 1.82) is 0 Å². The van der Waals surface area contributed by atoms with Gasteiger partial charge in [0.05, 0.1) is 0 Å². The first-order chi connectivity index (χ1) is 5.54. The van der Waals surface area contributed by atoms with Crippen LogP contribution in [0.3, 0.4) is 0 Å². The van der Waals surface area contributed by atoms with Crippen LogP contribution in [0.5, 0.6) is 0 Å². The molecule has 0 saturated heterocycles. The van der Waals surface area contributed by atoms with E-state index < -0.39 is 31.5 Å². The van der Waals surface area contributed by atoms with E-state index in [1.54, 1.807) is 0 Å². The minimum absolute atomic E-state index is 0.120. The molecule has 0 fully saturated rings. The van der Waals surface area contributed by atoms with Crippen LogP contribution in [-0.2, 0) is 0 Å². The average molecular weight is 243 g/mol. The fraction of sp³-hybridized carbons (Fsp3) is 0.833. The van der Waals surface area contributed by atoms with E-state index in [1.807, 2.05) is 0 Å². The molecule has 0 aromatic rings. The van der Waals surface area contributed by atoms with Crippen LogP contribution in [0.1, 0.15) is 0 Å². The summed E-state index contributed by atoms with van der Waals surface area (Å²) in [4.78, 5) is 0. The first-order valence-electron chi connectivity index (χ1n) is 3.33. The van der Waals surface area contributed by atoms with Crippen molar-refractivity contribution in [2.75, 3.05) is 13.2 Å². The third-order valence-corrected chi connectivity index (χ3v) is 2.17. The summed E-state index contributed by atoms with van der Waals surface area (Å²) in [6.07, 6.45) is -4.26. The van der Waals surface area contributed by atoms with Crippen LogP contribution in [0.4, 0.5) is 0 Å². The van der Waals surface area contributed by atoms with Crippen LogP contribution in [0, 0.1) is 0 Å². The molecule has 0 bridgehead atoms. The van der Waals surface area contributed by atoms with Crippen LogP contribution in [-0.4, -0.2) is 77.1 Å². The molecule has 0 saturated carbocycles. The van der Waals surface area contributed by atoms with Gasteiger partial charge in [-0.05, 0) is 0 Å². The van der Waals surface area contributed by atoms with E-state index in [9.17, 15) is 0 Å². The van der Waals surface area contributed by atoms with Crippen molar-refractivity contribution in [2.45, 2.75) is 18.3 Å². The Morgan fingerprint density at radius 3 is 2.00 bits per heavy atom. The summed E-state index contributed by atoms with van der Waals surface area (Å²) in [5, 5.41) is 44.0. The van der Waals surface area contributed by atoms with Crippen molar-refractivity contribution in [3.63, 3.8) is 0 Å². The molecule has 0 aromatic heterocycles. The molecule has 0 aliphatic heterocycles. The second-order valence-corrected chi connectivity index (χ2v) is 3.41. The quantitative estimate of drug-likeness (QED) is 0.321. The summed E-state index contributed by atoms with van der Waals surface area (Å²) in [6.45, 7) is -1.06. The summed E-state index contributed by atoms with van der Waals surface area (Å²) in [6, 6.07) is 0. The topological polar surface area (TPSA) is 101 Å². The van der Waals surface area contributed by atoms with Gasteiger partial charge < -0.3 is 0 Å². The number of hydrogen-bond donors (Lipinski definition) is 5. The molecule has 12 heavy (non-hydrogen) atoms. The maximum atomic E-state index is 9.14. The SMILES string of the molecule is OCC(=[Se])[C@@H](O)[C@H](O)[C@H](O)CO. The molecule has 0 spiro atoms. The summed E-state index contributed by atoms with van der Waals surface area (Å²) in [7, 11) is 0. The van der Waals surface area contributed by atoms with Gasteiger partial charge in [-0.3, -0.25) is 0 Å². The molecule has 0 heterocycles. The molecule has 0 radical (unpaired) electrons. The average Bonchev–Trinajstić information content (AvgIpc) is 2.12. The van der Waals surface area contributed by atoms with Gasteiger partial charge in [-0.15, -0.1) is 0 Å². The molecule has 0 aliphatic carbocycles. The molecule has 0 amide bonds. The number of aliphatic hydroxyl groups excluding tert-OH is 5. The Labute approximate surface area is 77.6 Å². The van der Waals surface area contributed by atoms with E-state index in [1.165, 1.54) is 0 Å². The standard InChI is InChI=1S/C6H12O5Se/c7-1-3(9)5(10)6(11)4(12)2-8/h3,5-11H,1-2H2/t3-,5-,6-/m1/s1. The van der Waals surface area contributed by atoms with Crippen LogP contribution < -0.4 is 0 Å². The molecule has 5 N–H and O–H groups in total. The summed E-state index contributed by atoms with van der Waals surface area (Å²) >= 11 is 2.35. The van der Waals surface area contributed by atoms with Gasteiger partial charge in [0.15, 0.2) is 0 Å². The molecule has 0 aliphatic rings. The van der Waals surface area contributed by atoms with Gasteiger partial charge in [-0.1, -0.05) is 0 Å². The molecule has 5 nitrogen and oxygen atoms in total. The van der Waals surface area contributed by atoms with Gasteiger partial charge >= 0.3 is 77.1 Å². The Balaban J connectivity index is 4.08. The van der Waals surface area contributed by atoms with E-state index in [4.69, 9.17) is 25.5 Å². The second kappa shape index (κ2) is 5.77. The molecular formula is C6H12O5Se. The van der Waals surface area contributed by atoms with Gasteiger partial charge in [-0.25, -0.2) is 0 Å². The molecule has 0 rings (SSSR count). The van der Waals surface area contributed by atoms with Crippen molar-refractivity contribution >= 4 is 20.0 Å². The normalized spacial score (nSPS) is 18.4. The molecule has 6 heteroatoms. The van der Waals surface area contributed by atoms with Gasteiger partial charge in [-0.2, -0.15) is 0 Å². The molecule has 72 valence electrons. The summed E-state index contributed by atoms with van der Waals surface area (Å²) in [5.41, 5.74) is 0. The third-order valence-electron chi connectivity index (χ3n) is 1.39. The van der Waals surface area contributed by atoms with Crippen molar-refractivity contribution in [1.82, 2.24) is 0 Å². The number of rotatable bonds is 5. The van der Waals surface area contributed by atoms with E-state index in [2.05, 4.69) is 15.6 Å². The molecule has 3 atom stereocenters. The maximum absolute atomic E-state index is 9.14. The summed E-state index contributed by atoms with van der Waals surface area (Å²) < 4.78 is 0.120. The van der Waals surface area contributed by atoms with E-state index >= 15 is 0 Å². The zero-order valence-corrected chi connectivity index (χ0v) is 8.00. The Morgan fingerprint density at radius 1 is 1.17 bits per heavy atom. The Bertz CT molecular complexity index is 151. The first kappa shape index (κ1) is 12.2. The zero-order chi connectivity index (χ0) is 9.72. The third kappa shape index (κ3) is 3.28. The van der Waals surface area contributed by atoms with Crippen molar-refractivity contribution < 1.29 is 25.5 Å². The Hall–Kier alpha value is 0.189. The second-order valence-electron chi connectivity index (χ2n) is 2.31. The van der Waals surface area contributed by atoms with E-state index in [0.717, 1.165) is 0 Å². The van der Waals surface area contributed by atoms with Gasteiger partial charge in [0.2, 0.25) is 0 Å². The fourth-order valence-electron chi connectivity index (χ4n) is 0.602. The van der Waals surface area contributed by atoms with Crippen molar-refractivity contribution in [2.24, 2.45) is 0 Å². The zero-order valence-electron chi connectivity index (χ0n) is 6.29. The fourth-order valence-corrected chi connectivity index (χ4v) is 0.895. The Morgan fingerprint density at radius 2 is 1.67 bits per heavy atom. The van der Waals surface area contributed by atoms with Gasteiger partial charge in [0.25, 0.3) is 0 Å². The van der Waals surface area contributed by atoms with Gasteiger partial charge in [0, 0.05) is 0 Å². The van der Waals surface area contributed by atoms with E-state index in [0.29, 0.717) is 0 Å². The van der Waals surface area contributed by atoms with Crippen LogP contribution >= 0.6 is 0 Å². The van der Waals surface area contributed by atoms with Crippen molar-refractivity contribution in [3.05, 3.63) is 0 Å². The minimum atomic E-state index is -1.49. The van der Waals surface area contributed by atoms with Gasteiger partial charge in [0.1, 0.15) is 0 Å². The van der Waals surface area contributed by atoms with Crippen LogP contribution in [0.25, 0.3) is 0 Å². The van der Waals surface area contributed by atoms with Crippen LogP contribution in [0.15, 0.2) is 0 Å². The predicted octanol–water partition coefficient (Wildman–Crippen LogP) is -3.61. The van der Waals surface area contributed by atoms with E-state index in [-0.39, 0.29) is 4.42 Å². The monoisotopic (exact) mass is 244 g/mol. The van der Waals surface area contributed by atoms with Crippen LogP contribution in [0.2, 0.25) is 0 Å². The summed E-state index contributed by atoms with van der Waals surface area (Å²) in [5.74, 6) is 0. The number of aliphatic hydroxyl groups is 5. The molecular weight excluding hydrogens is 231 g/mol. The number of hydrogen-bond acceptors (Lipinski definition) is 5. The predicted molar refractivity (Wildman–Crippen MR) is 43.0 cm³/mol. The first-order valence-corrected chi connectivity index (χ1v) is 4.18. The molecule has 0 unspecified atom stereocenters.